The van der Waals surface area contributed by atoms with E-state index in [9.17, 15) is 4.79 Å². The van der Waals surface area contributed by atoms with Crippen LogP contribution < -0.4 is 5.32 Å². The van der Waals surface area contributed by atoms with Crippen LogP contribution in [0.4, 0.5) is 5.95 Å². The summed E-state index contributed by atoms with van der Waals surface area (Å²) in [6, 6.07) is 3.83. The maximum atomic E-state index is 11.7. The van der Waals surface area contributed by atoms with Crippen molar-refractivity contribution < 1.29 is 4.79 Å². The summed E-state index contributed by atoms with van der Waals surface area (Å²) in [5.74, 6) is -0.209. The summed E-state index contributed by atoms with van der Waals surface area (Å²) in [4.78, 5) is 27.6. The van der Waals surface area contributed by atoms with E-state index in [1.54, 1.807) is 17.4 Å². The molecule has 3 rings (SSSR count). The van der Waals surface area contributed by atoms with Gasteiger partial charge in [0.25, 0.3) is 5.91 Å². The second-order valence-electron chi connectivity index (χ2n) is 3.78. The molecule has 0 aliphatic rings. The molecule has 6 nitrogen and oxygen atoms in total. The van der Waals surface area contributed by atoms with Crippen LogP contribution in [0.25, 0.3) is 17.2 Å². The Bertz CT molecular complexity index is 780. The molecule has 20 heavy (non-hydrogen) atoms. The van der Waals surface area contributed by atoms with E-state index in [1.807, 2.05) is 17.5 Å². The highest BCUT2D eigenvalue weighted by molar-refractivity contribution is 7.10. The normalized spacial score (nSPS) is 11.2. The number of carbonyl (C=O) groups is 1. The molecule has 1 amide bonds. The summed E-state index contributed by atoms with van der Waals surface area (Å²) < 4.78 is 0. The first kappa shape index (κ1) is 12.8. The molecule has 0 aromatic carbocycles. The minimum atomic E-state index is -0.329. The van der Waals surface area contributed by atoms with Gasteiger partial charge in [-0.2, -0.15) is 9.97 Å². The third kappa shape index (κ3) is 2.68. The number of nitrogens with zero attached hydrogens (tertiary/aromatic N) is 3. The van der Waals surface area contributed by atoms with E-state index in [1.165, 1.54) is 12.4 Å². The highest BCUT2D eigenvalue weighted by atomic mass is 35.5. The van der Waals surface area contributed by atoms with E-state index in [0.29, 0.717) is 11.2 Å². The highest BCUT2D eigenvalue weighted by Crippen LogP contribution is 2.18. The van der Waals surface area contributed by atoms with Gasteiger partial charge in [-0.3, -0.25) is 10.1 Å². The van der Waals surface area contributed by atoms with Gasteiger partial charge in [0.15, 0.2) is 10.8 Å². The van der Waals surface area contributed by atoms with Crippen LogP contribution in [0, 0.1) is 0 Å². The lowest BCUT2D eigenvalue weighted by molar-refractivity contribution is -0.111. The molecule has 0 aliphatic heterocycles. The average Bonchev–Trinajstić information content (AvgIpc) is 3.07. The Kier molecular flexibility index (Phi) is 3.44. The minimum Gasteiger partial charge on any atom is -0.341 e. The summed E-state index contributed by atoms with van der Waals surface area (Å²) in [5.41, 5.74) is 0.946. The van der Waals surface area contributed by atoms with Gasteiger partial charge in [0.2, 0.25) is 5.95 Å². The molecular formula is C12H8ClN5OS. The van der Waals surface area contributed by atoms with Crippen LogP contribution in [0.3, 0.4) is 0 Å². The molecule has 0 atom stereocenters. The Morgan fingerprint density at radius 3 is 3.15 bits per heavy atom. The Morgan fingerprint density at radius 1 is 1.45 bits per heavy atom. The first-order valence-electron chi connectivity index (χ1n) is 5.61. The number of halogens is 1. The number of anilines is 1. The van der Waals surface area contributed by atoms with Crippen molar-refractivity contribution in [1.29, 1.82) is 0 Å². The molecular weight excluding hydrogens is 298 g/mol. The highest BCUT2D eigenvalue weighted by Gasteiger charge is 2.09. The van der Waals surface area contributed by atoms with Crippen molar-refractivity contribution in [1.82, 2.24) is 19.9 Å². The maximum Gasteiger partial charge on any atom is 0.250 e. The second-order valence-corrected chi connectivity index (χ2v) is 5.11. The molecule has 0 unspecified atom stereocenters. The lowest BCUT2D eigenvalue weighted by Gasteiger charge is -2.00. The maximum absolute atomic E-state index is 11.7. The smallest absolute Gasteiger partial charge is 0.250 e. The van der Waals surface area contributed by atoms with Gasteiger partial charge >= 0.3 is 0 Å². The molecule has 100 valence electrons. The average molecular weight is 306 g/mol. The molecule has 0 fully saturated rings. The van der Waals surface area contributed by atoms with Crippen LogP contribution in [0.2, 0.25) is 5.15 Å². The fourth-order valence-corrected chi connectivity index (χ4v) is 2.39. The topological polar surface area (TPSA) is 83.6 Å². The van der Waals surface area contributed by atoms with Gasteiger partial charge in [-0.25, -0.2) is 4.98 Å². The summed E-state index contributed by atoms with van der Waals surface area (Å²) in [5, 5.41) is 4.69. The van der Waals surface area contributed by atoms with Gasteiger partial charge in [-0.15, -0.1) is 11.3 Å². The molecule has 0 saturated heterocycles. The number of aromatic nitrogens is 4. The van der Waals surface area contributed by atoms with Crippen molar-refractivity contribution in [2.24, 2.45) is 0 Å². The Labute approximate surface area is 122 Å². The number of amides is 1. The number of nitrogens with one attached hydrogen (secondary N) is 2. The number of rotatable bonds is 3. The third-order valence-electron chi connectivity index (χ3n) is 2.42. The molecule has 2 N–H and O–H groups in total. The number of imidazole rings is 1. The largest absolute Gasteiger partial charge is 0.341 e. The van der Waals surface area contributed by atoms with Crippen molar-refractivity contribution in [3.8, 4) is 0 Å². The Morgan fingerprint density at radius 2 is 2.35 bits per heavy atom. The molecule has 0 bridgehead atoms. The predicted molar refractivity (Wildman–Crippen MR) is 78.7 cm³/mol. The number of carbonyl (C=O) groups excluding carboxylic acids is 1. The quantitative estimate of drug-likeness (QED) is 0.575. The number of H-pyrrole nitrogens is 1. The van der Waals surface area contributed by atoms with E-state index < -0.39 is 0 Å². The zero-order valence-electron chi connectivity index (χ0n) is 10.0. The number of hydrogen-bond acceptors (Lipinski definition) is 5. The third-order valence-corrected chi connectivity index (χ3v) is 3.53. The summed E-state index contributed by atoms with van der Waals surface area (Å²) in [6.45, 7) is 0. The monoisotopic (exact) mass is 305 g/mol. The molecule has 0 radical (unpaired) electrons. The summed E-state index contributed by atoms with van der Waals surface area (Å²) >= 11 is 7.50. The number of hydrogen-bond donors (Lipinski definition) is 2. The Balaban J connectivity index is 1.77. The summed E-state index contributed by atoms with van der Waals surface area (Å²) in [6.07, 6.45) is 4.60. The van der Waals surface area contributed by atoms with Gasteiger partial charge in [-0.05, 0) is 17.5 Å². The zero-order valence-corrected chi connectivity index (χ0v) is 11.6. The van der Waals surface area contributed by atoms with Gasteiger partial charge < -0.3 is 4.98 Å². The van der Waals surface area contributed by atoms with Gasteiger partial charge in [-0.1, -0.05) is 17.7 Å². The fraction of sp³-hybridized carbons (Fsp3) is 0. The lowest BCUT2D eigenvalue weighted by Crippen LogP contribution is -2.11. The fourth-order valence-electron chi connectivity index (χ4n) is 1.55. The van der Waals surface area contributed by atoms with Crippen molar-refractivity contribution in [3.63, 3.8) is 0 Å². The van der Waals surface area contributed by atoms with E-state index in [-0.39, 0.29) is 17.0 Å². The predicted octanol–water partition coefficient (Wildman–Crippen LogP) is 2.72. The minimum absolute atomic E-state index is 0.121. The molecule has 0 aliphatic carbocycles. The first-order valence-corrected chi connectivity index (χ1v) is 6.87. The second kappa shape index (κ2) is 5.40. The van der Waals surface area contributed by atoms with Crippen LogP contribution in [-0.4, -0.2) is 25.8 Å². The van der Waals surface area contributed by atoms with Crippen molar-refractivity contribution >= 4 is 52.0 Å². The van der Waals surface area contributed by atoms with Crippen molar-refractivity contribution in [2.75, 3.05) is 5.32 Å². The standard InChI is InChI=1S/C12H8ClN5OS/c13-10-9-11(15-6-14-9)18-12(17-10)16-8(19)4-3-7-2-1-5-20-7/h1-6H,(H2,14,15,16,17,18,19)/b4-3+. The van der Waals surface area contributed by atoms with E-state index >= 15 is 0 Å². The molecule has 3 aromatic heterocycles. The van der Waals surface area contributed by atoms with Crippen LogP contribution >= 0.6 is 22.9 Å². The van der Waals surface area contributed by atoms with E-state index in [0.717, 1.165) is 4.88 Å². The van der Waals surface area contributed by atoms with Gasteiger partial charge in [0.1, 0.15) is 5.52 Å². The molecule has 3 aromatic rings. The zero-order chi connectivity index (χ0) is 13.9. The molecule has 3 heterocycles. The van der Waals surface area contributed by atoms with E-state index in [4.69, 9.17) is 11.6 Å². The van der Waals surface area contributed by atoms with Crippen molar-refractivity contribution in [3.05, 3.63) is 39.9 Å². The van der Waals surface area contributed by atoms with Crippen LogP contribution in [0.5, 0.6) is 0 Å². The Hall–Kier alpha value is -2.25. The van der Waals surface area contributed by atoms with Gasteiger partial charge in [0, 0.05) is 11.0 Å². The lowest BCUT2D eigenvalue weighted by atomic mass is 10.4. The number of thiophene rings is 1. The van der Waals surface area contributed by atoms with Crippen LogP contribution in [0.15, 0.2) is 29.9 Å². The molecule has 0 saturated carbocycles. The van der Waals surface area contributed by atoms with E-state index in [2.05, 4.69) is 25.3 Å². The van der Waals surface area contributed by atoms with Crippen LogP contribution in [0.1, 0.15) is 4.88 Å². The van der Waals surface area contributed by atoms with Crippen molar-refractivity contribution in [2.45, 2.75) is 0 Å². The number of aromatic amines is 1. The van der Waals surface area contributed by atoms with Gasteiger partial charge in [0.05, 0.1) is 6.33 Å². The molecule has 0 spiro atoms. The summed E-state index contributed by atoms with van der Waals surface area (Å²) in [7, 11) is 0. The number of fused-ring (bicyclic) bond motifs is 1. The SMILES string of the molecule is O=C(/C=C/c1cccs1)Nc1nc(Cl)c2[nH]cnc2n1. The first-order chi connectivity index (χ1) is 9.72. The van der Waals surface area contributed by atoms with Crippen LogP contribution in [-0.2, 0) is 4.79 Å². The molecule has 8 heteroatoms.